The summed E-state index contributed by atoms with van der Waals surface area (Å²) in [5, 5.41) is 15.1. The summed E-state index contributed by atoms with van der Waals surface area (Å²) in [4.78, 5) is 17.0. The van der Waals surface area contributed by atoms with E-state index in [0.717, 1.165) is 27.0 Å². The fraction of sp³-hybridized carbons (Fsp3) is 0.120. The van der Waals surface area contributed by atoms with Gasteiger partial charge in [0.25, 0.3) is 5.91 Å². The van der Waals surface area contributed by atoms with Gasteiger partial charge in [-0.25, -0.2) is 4.98 Å². The van der Waals surface area contributed by atoms with Crippen molar-refractivity contribution in [2.45, 2.75) is 24.4 Å². The van der Waals surface area contributed by atoms with E-state index in [0.29, 0.717) is 29.6 Å². The summed E-state index contributed by atoms with van der Waals surface area (Å²) in [6.45, 7) is 2.52. The highest BCUT2D eigenvalue weighted by molar-refractivity contribution is 7.98. The molecule has 0 saturated heterocycles. The molecule has 0 aliphatic carbocycles. The largest absolute Gasteiger partial charge is 0.461 e. The first-order chi connectivity index (χ1) is 16.7. The summed E-state index contributed by atoms with van der Waals surface area (Å²) in [7, 11) is 0. The molecule has 5 aromatic rings. The van der Waals surface area contributed by atoms with Crippen molar-refractivity contribution in [2.24, 2.45) is 0 Å². The van der Waals surface area contributed by atoms with Gasteiger partial charge >= 0.3 is 0 Å². The monoisotopic (exact) mass is 487 g/mol. The number of carbonyl (C=O) groups is 1. The molecule has 3 heterocycles. The molecule has 170 valence electrons. The maximum atomic E-state index is 12.5. The van der Waals surface area contributed by atoms with Gasteiger partial charge in [0.1, 0.15) is 10.7 Å². The Bertz CT molecular complexity index is 1390. The summed E-state index contributed by atoms with van der Waals surface area (Å²) in [5.41, 5.74) is 3.56. The van der Waals surface area contributed by atoms with Crippen LogP contribution < -0.4 is 5.32 Å². The second-order valence-corrected chi connectivity index (χ2v) is 9.37. The maximum Gasteiger partial charge on any atom is 0.271 e. The number of hydrogen-bond donors (Lipinski definition) is 1. The third-order valence-corrected chi connectivity index (χ3v) is 7.11. The maximum absolute atomic E-state index is 12.5. The molecular weight excluding hydrogens is 466 g/mol. The minimum atomic E-state index is -0.181. The number of amides is 1. The number of nitrogens with one attached hydrogen (secondary N) is 1. The van der Waals surface area contributed by atoms with Crippen LogP contribution in [0.4, 0.5) is 0 Å². The molecule has 0 saturated carbocycles. The smallest absolute Gasteiger partial charge is 0.271 e. The fourth-order valence-electron chi connectivity index (χ4n) is 3.44. The first kappa shape index (κ1) is 22.1. The van der Waals surface area contributed by atoms with E-state index in [1.54, 1.807) is 11.6 Å². The van der Waals surface area contributed by atoms with Gasteiger partial charge in [0.15, 0.2) is 10.9 Å². The molecule has 0 fully saturated rings. The number of para-hydroxylation sites is 1. The summed E-state index contributed by atoms with van der Waals surface area (Å²) < 4.78 is 7.59. The molecule has 0 radical (unpaired) electrons. The Balaban J connectivity index is 1.32. The first-order valence-corrected chi connectivity index (χ1v) is 12.5. The number of thiazole rings is 1. The predicted octanol–water partition coefficient (Wildman–Crippen LogP) is 5.51. The molecule has 0 aliphatic heterocycles. The average Bonchev–Trinajstić information content (AvgIpc) is 3.63. The lowest BCUT2D eigenvalue weighted by molar-refractivity contribution is 0.0946. The van der Waals surface area contributed by atoms with Crippen LogP contribution in [0.1, 0.15) is 26.6 Å². The van der Waals surface area contributed by atoms with Gasteiger partial charge in [-0.1, -0.05) is 60.3 Å². The SMILES string of the molecule is Cc1ccccc1-n1c(SCc2nc(C(=O)NCc3ccccc3)cs2)nnc1-c1ccco1. The molecule has 2 aromatic carbocycles. The lowest BCUT2D eigenvalue weighted by Crippen LogP contribution is -2.23. The van der Waals surface area contributed by atoms with Crippen LogP contribution in [0.25, 0.3) is 17.3 Å². The Kier molecular flexibility index (Phi) is 6.55. The van der Waals surface area contributed by atoms with E-state index in [1.807, 2.05) is 65.2 Å². The van der Waals surface area contributed by atoms with E-state index >= 15 is 0 Å². The molecule has 1 amide bonds. The number of aromatic nitrogens is 4. The van der Waals surface area contributed by atoms with Crippen LogP contribution in [-0.2, 0) is 12.3 Å². The number of rotatable bonds is 8. The number of furan rings is 1. The van der Waals surface area contributed by atoms with E-state index in [2.05, 4.69) is 33.5 Å². The van der Waals surface area contributed by atoms with E-state index in [-0.39, 0.29) is 5.91 Å². The van der Waals surface area contributed by atoms with E-state index < -0.39 is 0 Å². The minimum absolute atomic E-state index is 0.181. The van der Waals surface area contributed by atoms with Crippen LogP contribution >= 0.6 is 23.1 Å². The van der Waals surface area contributed by atoms with Crippen molar-refractivity contribution in [1.82, 2.24) is 25.1 Å². The highest BCUT2D eigenvalue weighted by Crippen LogP contribution is 2.31. The van der Waals surface area contributed by atoms with E-state index in [9.17, 15) is 4.79 Å². The van der Waals surface area contributed by atoms with Crippen molar-refractivity contribution < 1.29 is 9.21 Å². The number of thioether (sulfide) groups is 1. The third kappa shape index (κ3) is 4.80. The van der Waals surface area contributed by atoms with E-state index in [1.165, 1.54) is 23.1 Å². The van der Waals surface area contributed by atoms with Gasteiger partial charge in [-0.3, -0.25) is 9.36 Å². The minimum Gasteiger partial charge on any atom is -0.461 e. The van der Waals surface area contributed by atoms with Crippen LogP contribution in [0.5, 0.6) is 0 Å². The van der Waals surface area contributed by atoms with Crippen LogP contribution in [0.2, 0.25) is 0 Å². The second-order valence-electron chi connectivity index (χ2n) is 7.49. The third-order valence-electron chi connectivity index (χ3n) is 5.14. The topological polar surface area (TPSA) is 85.8 Å². The summed E-state index contributed by atoms with van der Waals surface area (Å²) in [6, 6.07) is 21.6. The number of aryl methyl sites for hydroxylation is 1. The Morgan fingerprint density at radius 3 is 2.68 bits per heavy atom. The molecule has 0 aliphatic rings. The van der Waals surface area contributed by atoms with Crippen molar-refractivity contribution in [3.63, 3.8) is 0 Å². The molecule has 9 heteroatoms. The molecule has 34 heavy (non-hydrogen) atoms. The summed E-state index contributed by atoms with van der Waals surface area (Å²) in [6.07, 6.45) is 1.62. The standard InChI is InChI=1S/C25H21N5O2S2/c1-17-8-5-6-11-20(17)30-23(21-12-7-13-32-21)28-29-25(30)34-16-22-27-19(15-33-22)24(31)26-14-18-9-3-2-4-10-18/h2-13,15H,14,16H2,1H3,(H,26,31). The number of nitrogens with zero attached hydrogens (tertiary/aromatic N) is 4. The zero-order valence-electron chi connectivity index (χ0n) is 18.3. The van der Waals surface area contributed by atoms with Crippen molar-refractivity contribution in [1.29, 1.82) is 0 Å². The van der Waals surface area contributed by atoms with Gasteiger partial charge in [0, 0.05) is 11.9 Å². The molecule has 7 nitrogen and oxygen atoms in total. The van der Waals surface area contributed by atoms with Crippen molar-refractivity contribution in [3.8, 4) is 17.3 Å². The Hall–Kier alpha value is -3.69. The van der Waals surface area contributed by atoms with Crippen molar-refractivity contribution in [3.05, 3.63) is 100 Å². The Morgan fingerprint density at radius 1 is 1.06 bits per heavy atom. The van der Waals surface area contributed by atoms with Gasteiger partial charge in [0.05, 0.1) is 17.7 Å². The van der Waals surface area contributed by atoms with Crippen LogP contribution in [0, 0.1) is 6.92 Å². The second kappa shape index (κ2) is 10.1. The average molecular weight is 488 g/mol. The van der Waals surface area contributed by atoms with Crippen molar-refractivity contribution in [2.75, 3.05) is 0 Å². The van der Waals surface area contributed by atoms with Gasteiger partial charge in [0.2, 0.25) is 5.82 Å². The number of hydrogen-bond acceptors (Lipinski definition) is 7. The normalized spacial score (nSPS) is 11.0. The fourth-order valence-corrected chi connectivity index (χ4v) is 5.17. The van der Waals surface area contributed by atoms with Gasteiger partial charge in [-0.05, 0) is 36.2 Å². The summed E-state index contributed by atoms with van der Waals surface area (Å²) >= 11 is 2.98. The molecule has 1 N–H and O–H groups in total. The van der Waals surface area contributed by atoms with Gasteiger partial charge in [-0.15, -0.1) is 21.5 Å². The van der Waals surface area contributed by atoms with Gasteiger partial charge < -0.3 is 9.73 Å². The Morgan fingerprint density at radius 2 is 1.88 bits per heavy atom. The molecule has 0 atom stereocenters. The molecule has 3 aromatic heterocycles. The molecule has 0 spiro atoms. The van der Waals surface area contributed by atoms with Crippen LogP contribution in [0.15, 0.2) is 87.9 Å². The quantitative estimate of drug-likeness (QED) is 0.290. The van der Waals surface area contributed by atoms with Crippen molar-refractivity contribution >= 4 is 29.0 Å². The molecule has 0 bridgehead atoms. The lowest BCUT2D eigenvalue weighted by Gasteiger charge is -2.11. The molecule has 0 unspecified atom stereocenters. The first-order valence-electron chi connectivity index (χ1n) is 10.6. The Labute approximate surface area is 204 Å². The zero-order valence-corrected chi connectivity index (χ0v) is 20.0. The predicted molar refractivity (Wildman–Crippen MR) is 133 cm³/mol. The number of carbonyl (C=O) groups excluding carboxylic acids is 1. The van der Waals surface area contributed by atoms with E-state index in [4.69, 9.17) is 4.42 Å². The highest BCUT2D eigenvalue weighted by atomic mass is 32.2. The van der Waals surface area contributed by atoms with Gasteiger partial charge in [-0.2, -0.15) is 0 Å². The molecular formula is C25H21N5O2S2. The zero-order chi connectivity index (χ0) is 23.3. The van der Waals surface area contributed by atoms with Crippen LogP contribution in [0.3, 0.4) is 0 Å². The lowest BCUT2D eigenvalue weighted by atomic mass is 10.2. The number of benzene rings is 2. The van der Waals surface area contributed by atoms with Crippen LogP contribution in [-0.4, -0.2) is 25.7 Å². The summed E-state index contributed by atoms with van der Waals surface area (Å²) in [5.74, 6) is 1.68. The molecule has 5 rings (SSSR count). The highest BCUT2D eigenvalue weighted by Gasteiger charge is 2.20.